The third kappa shape index (κ3) is 3.70. The number of morpholine rings is 1. The summed E-state index contributed by atoms with van der Waals surface area (Å²) in [5, 5.41) is 0. The highest BCUT2D eigenvalue weighted by Gasteiger charge is 2.29. The van der Waals surface area contributed by atoms with Crippen molar-refractivity contribution in [3.05, 3.63) is 0 Å². The number of nitrogens with zero attached hydrogens (tertiary/aromatic N) is 1. The largest absolute Gasteiger partial charge is 0.444 e. The van der Waals surface area contributed by atoms with Gasteiger partial charge >= 0.3 is 6.09 Å². The highest BCUT2D eigenvalue weighted by molar-refractivity contribution is 5.68. The van der Waals surface area contributed by atoms with E-state index in [-0.39, 0.29) is 12.1 Å². The van der Waals surface area contributed by atoms with Crippen molar-refractivity contribution in [1.29, 1.82) is 0 Å². The summed E-state index contributed by atoms with van der Waals surface area (Å²) in [5.41, 5.74) is -0.423. The van der Waals surface area contributed by atoms with Gasteiger partial charge in [0, 0.05) is 6.54 Å². The lowest BCUT2D eigenvalue weighted by atomic mass is 10.2. The van der Waals surface area contributed by atoms with Gasteiger partial charge in [-0.15, -0.1) is 0 Å². The van der Waals surface area contributed by atoms with E-state index in [4.69, 9.17) is 9.47 Å². The molecule has 0 aromatic heterocycles. The van der Waals surface area contributed by atoms with E-state index >= 15 is 0 Å². The molecular formula is C11H21NO3. The minimum atomic E-state index is -0.423. The number of carbonyl (C=O) groups excluding carboxylic acids is 1. The van der Waals surface area contributed by atoms with Gasteiger partial charge in [-0.3, -0.25) is 0 Å². The first-order valence-corrected chi connectivity index (χ1v) is 5.51. The smallest absolute Gasteiger partial charge is 0.410 e. The maximum atomic E-state index is 11.8. The summed E-state index contributed by atoms with van der Waals surface area (Å²) < 4.78 is 10.7. The van der Waals surface area contributed by atoms with E-state index < -0.39 is 5.60 Å². The first-order chi connectivity index (χ1) is 6.94. The zero-order chi connectivity index (χ0) is 11.5. The van der Waals surface area contributed by atoms with Gasteiger partial charge in [-0.2, -0.15) is 0 Å². The quantitative estimate of drug-likeness (QED) is 0.672. The number of hydrogen-bond acceptors (Lipinski definition) is 3. The summed E-state index contributed by atoms with van der Waals surface area (Å²) in [6, 6.07) is 0.161. The van der Waals surface area contributed by atoms with Crippen LogP contribution in [0.5, 0.6) is 0 Å². The summed E-state index contributed by atoms with van der Waals surface area (Å²) >= 11 is 0. The molecule has 1 aliphatic rings. The summed E-state index contributed by atoms with van der Waals surface area (Å²) in [6.45, 7) is 9.56. The van der Waals surface area contributed by atoms with Gasteiger partial charge in [-0.05, 0) is 27.2 Å². The summed E-state index contributed by atoms with van der Waals surface area (Å²) in [6.07, 6.45) is 0.678. The fourth-order valence-corrected chi connectivity index (χ4v) is 1.55. The maximum absolute atomic E-state index is 11.8. The predicted octanol–water partition coefficient (Wildman–Crippen LogP) is 2.03. The second kappa shape index (κ2) is 4.84. The van der Waals surface area contributed by atoms with Crippen molar-refractivity contribution < 1.29 is 14.3 Å². The fraction of sp³-hybridized carbons (Fsp3) is 0.909. The van der Waals surface area contributed by atoms with Gasteiger partial charge in [-0.1, -0.05) is 6.92 Å². The van der Waals surface area contributed by atoms with Crippen LogP contribution >= 0.6 is 0 Å². The van der Waals surface area contributed by atoms with E-state index in [0.29, 0.717) is 19.8 Å². The molecule has 1 heterocycles. The maximum Gasteiger partial charge on any atom is 0.410 e. The molecule has 1 unspecified atom stereocenters. The molecule has 88 valence electrons. The molecule has 1 saturated heterocycles. The first kappa shape index (κ1) is 12.3. The molecule has 0 spiro atoms. The van der Waals surface area contributed by atoms with Crippen LogP contribution in [0.1, 0.15) is 34.1 Å². The Hall–Kier alpha value is -0.770. The van der Waals surface area contributed by atoms with Crippen molar-refractivity contribution in [2.75, 3.05) is 19.8 Å². The van der Waals surface area contributed by atoms with Crippen LogP contribution < -0.4 is 0 Å². The van der Waals surface area contributed by atoms with Crippen LogP contribution in [0.4, 0.5) is 4.79 Å². The van der Waals surface area contributed by atoms with Crippen molar-refractivity contribution in [3.8, 4) is 0 Å². The van der Waals surface area contributed by atoms with Crippen molar-refractivity contribution in [2.45, 2.75) is 45.8 Å². The fourth-order valence-electron chi connectivity index (χ4n) is 1.55. The second-order valence-corrected chi connectivity index (χ2v) is 4.81. The van der Waals surface area contributed by atoms with Gasteiger partial charge in [0.15, 0.2) is 0 Å². The Morgan fingerprint density at radius 3 is 2.73 bits per heavy atom. The minimum absolute atomic E-state index is 0.161. The van der Waals surface area contributed by atoms with Gasteiger partial charge < -0.3 is 14.4 Å². The molecular weight excluding hydrogens is 194 g/mol. The normalized spacial score (nSPS) is 22.7. The number of rotatable bonds is 1. The van der Waals surface area contributed by atoms with E-state index in [2.05, 4.69) is 6.92 Å². The molecule has 1 fully saturated rings. The molecule has 0 bridgehead atoms. The SMILES string of the molecule is CCC1COCCN1C(=O)OC(C)(C)C. The first-order valence-electron chi connectivity index (χ1n) is 5.51. The molecule has 1 amide bonds. The molecule has 4 heteroatoms. The molecule has 1 aliphatic heterocycles. The monoisotopic (exact) mass is 215 g/mol. The van der Waals surface area contributed by atoms with Crippen LogP contribution in [0.15, 0.2) is 0 Å². The lowest BCUT2D eigenvalue weighted by Crippen LogP contribution is -2.50. The summed E-state index contributed by atoms with van der Waals surface area (Å²) in [4.78, 5) is 13.6. The van der Waals surface area contributed by atoms with Crippen LogP contribution in [-0.4, -0.2) is 42.4 Å². The Morgan fingerprint density at radius 1 is 1.53 bits per heavy atom. The standard InChI is InChI=1S/C11H21NO3/c1-5-9-8-14-7-6-12(9)10(13)15-11(2,3)4/h9H,5-8H2,1-4H3. The molecule has 15 heavy (non-hydrogen) atoms. The third-order valence-corrected chi connectivity index (χ3v) is 2.33. The summed E-state index contributed by atoms with van der Waals surface area (Å²) in [7, 11) is 0. The van der Waals surface area contributed by atoms with Crippen molar-refractivity contribution >= 4 is 6.09 Å². The molecule has 0 aliphatic carbocycles. The third-order valence-electron chi connectivity index (χ3n) is 2.33. The predicted molar refractivity (Wildman–Crippen MR) is 57.8 cm³/mol. The van der Waals surface area contributed by atoms with Crippen molar-refractivity contribution in [1.82, 2.24) is 4.90 Å². The molecule has 4 nitrogen and oxygen atoms in total. The Kier molecular flexibility index (Phi) is 3.97. The molecule has 0 N–H and O–H groups in total. The zero-order valence-electron chi connectivity index (χ0n) is 10.1. The van der Waals surface area contributed by atoms with E-state index in [1.165, 1.54) is 0 Å². The van der Waals surface area contributed by atoms with Gasteiger partial charge in [0.05, 0.1) is 19.3 Å². The van der Waals surface area contributed by atoms with E-state index in [9.17, 15) is 4.79 Å². The molecule has 1 atom stereocenters. The van der Waals surface area contributed by atoms with Crippen molar-refractivity contribution in [3.63, 3.8) is 0 Å². The zero-order valence-corrected chi connectivity index (χ0v) is 10.1. The van der Waals surface area contributed by atoms with Crippen LogP contribution in [0.3, 0.4) is 0 Å². The number of hydrogen-bond donors (Lipinski definition) is 0. The Balaban J connectivity index is 2.56. The average molecular weight is 215 g/mol. The second-order valence-electron chi connectivity index (χ2n) is 4.81. The number of carbonyl (C=O) groups is 1. The summed E-state index contributed by atoms with van der Waals surface area (Å²) in [5.74, 6) is 0. The Morgan fingerprint density at radius 2 is 2.20 bits per heavy atom. The Labute approximate surface area is 91.5 Å². The van der Waals surface area contributed by atoms with E-state index in [1.807, 2.05) is 20.8 Å². The van der Waals surface area contributed by atoms with Crippen LogP contribution in [0.25, 0.3) is 0 Å². The molecule has 0 radical (unpaired) electrons. The van der Waals surface area contributed by atoms with E-state index in [1.54, 1.807) is 4.90 Å². The molecule has 0 aromatic rings. The van der Waals surface area contributed by atoms with Crippen LogP contribution in [-0.2, 0) is 9.47 Å². The van der Waals surface area contributed by atoms with Gasteiger partial charge in [-0.25, -0.2) is 4.79 Å². The number of ether oxygens (including phenoxy) is 2. The molecule has 0 saturated carbocycles. The average Bonchev–Trinajstić information content (AvgIpc) is 2.15. The topological polar surface area (TPSA) is 38.8 Å². The van der Waals surface area contributed by atoms with Gasteiger partial charge in [0.1, 0.15) is 5.60 Å². The lowest BCUT2D eigenvalue weighted by Gasteiger charge is -2.36. The highest BCUT2D eigenvalue weighted by Crippen LogP contribution is 2.15. The lowest BCUT2D eigenvalue weighted by molar-refractivity contribution is -0.0328. The number of amides is 1. The van der Waals surface area contributed by atoms with E-state index in [0.717, 1.165) is 6.42 Å². The Bertz CT molecular complexity index is 222. The molecule has 0 aromatic carbocycles. The van der Waals surface area contributed by atoms with Crippen molar-refractivity contribution in [2.24, 2.45) is 0 Å². The molecule has 1 rings (SSSR count). The van der Waals surface area contributed by atoms with Crippen LogP contribution in [0, 0.1) is 0 Å². The van der Waals surface area contributed by atoms with Gasteiger partial charge in [0.2, 0.25) is 0 Å². The van der Waals surface area contributed by atoms with Crippen LogP contribution in [0.2, 0.25) is 0 Å². The van der Waals surface area contributed by atoms with Gasteiger partial charge in [0.25, 0.3) is 0 Å². The minimum Gasteiger partial charge on any atom is -0.444 e. The highest BCUT2D eigenvalue weighted by atomic mass is 16.6.